The number of guanidine groups is 1. The summed E-state index contributed by atoms with van der Waals surface area (Å²) in [5.41, 5.74) is 10.2. The van der Waals surface area contributed by atoms with Crippen molar-refractivity contribution in [1.82, 2.24) is 5.32 Å². The Hall–Kier alpha value is -1.26. The van der Waals surface area contributed by atoms with E-state index in [2.05, 4.69) is 17.2 Å². The Morgan fingerprint density at radius 3 is 1.67 bits per heavy atom. The van der Waals surface area contributed by atoms with Gasteiger partial charge in [-0.2, -0.15) is 4.99 Å². The zero-order valence-electron chi connectivity index (χ0n) is 13.7. The Morgan fingerprint density at radius 2 is 1.24 bits per heavy atom. The van der Waals surface area contributed by atoms with Crippen molar-refractivity contribution in [2.45, 2.75) is 84.0 Å². The van der Waals surface area contributed by atoms with Gasteiger partial charge >= 0.3 is 6.03 Å². The summed E-state index contributed by atoms with van der Waals surface area (Å²) >= 11 is 0. The number of carbonyl (C=O) groups excluding carboxylic acids is 1. The lowest BCUT2D eigenvalue weighted by Gasteiger charge is -2.03. The Kier molecular flexibility index (Phi) is 14.2. The first-order valence-corrected chi connectivity index (χ1v) is 8.54. The summed E-state index contributed by atoms with van der Waals surface area (Å²) in [6.45, 7) is 2.90. The van der Waals surface area contributed by atoms with Crippen LogP contribution in [0, 0.1) is 0 Å². The van der Waals surface area contributed by atoms with E-state index in [1.807, 2.05) is 0 Å². The molecule has 5 nitrogen and oxygen atoms in total. The van der Waals surface area contributed by atoms with E-state index < -0.39 is 6.03 Å². The highest BCUT2D eigenvalue weighted by molar-refractivity contribution is 5.90. The first-order valence-electron chi connectivity index (χ1n) is 8.54. The fourth-order valence-corrected chi connectivity index (χ4v) is 2.32. The van der Waals surface area contributed by atoms with E-state index in [1.54, 1.807) is 0 Å². The molecule has 0 spiro atoms. The average molecular weight is 298 g/mol. The third-order valence-corrected chi connectivity index (χ3v) is 3.54. The van der Waals surface area contributed by atoms with Crippen molar-refractivity contribution in [1.29, 1.82) is 0 Å². The van der Waals surface area contributed by atoms with Gasteiger partial charge in [-0.25, -0.2) is 4.79 Å². The van der Waals surface area contributed by atoms with Gasteiger partial charge in [-0.1, -0.05) is 77.6 Å². The molecule has 2 amide bonds. The summed E-state index contributed by atoms with van der Waals surface area (Å²) in [4.78, 5) is 14.5. The monoisotopic (exact) mass is 298 g/mol. The molecule has 0 aliphatic heterocycles. The lowest BCUT2D eigenvalue weighted by atomic mass is 10.1. The number of nitrogens with two attached hydrogens (primary N) is 2. The molecule has 0 unspecified atom stereocenters. The van der Waals surface area contributed by atoms with Crippen molar-refractivity contribution in [3.05, 3.63) is 0 Å². The lowest BCUT2D eigenvalue weighted by Crippen LogP contribution is -2.29. The fourth-order valence-electron chi connectivity index (χ4n) is 2.32. The van der Waals surface area contributed by atoms with Crippen LogP contribution in [0.5, 0.6) is 0 Å². The zero-order valence-corrected chi connectivity index (χ0v) is 13.7. The molecule has 5 heteroatoms. The highest BCUT2D eigenvalue weighted by atomic mass is 16.2. The number of rotatable bonds is 13. The molecule has 0 saturated carbocycles. The minimum atomic E-state index is -0.446. The first kappa shape index (κ1) is 19.7. The number of hydrogen-bond donors (Lipinski definition) is 3. The van der Waals surface area contributed by atoms with Crippen LogP contribution in [-0.2, 0) is 0 Å². The van der Waals surface area contributed by atoms with Crippen LogP contribution in [0.4, 0.5) is 4.79 Å². The van der Waals surface area contributed by atoms with Crippen LogP contribution in [0.3, 0.4) is 0 Å². The number of nitrogens with one attached hydrogen (secondary N) is 1. The Labute approximate surface area is 129 Å². The number of carbonyl (C=O) groups is 1. The van der Waals surface area contributed by atoms with Crippen LogP contribution in [0.15, 0.2) is 4.99 Å². The van der Waals surface area contributed by atoms with Gasteiger partial charge in [0.05, 0.1) is 0 Å². The van der Waals surface area contributed by atoms with Crippen molar-refractivity contribution < 1.29 is 4.79 Å². The number of amides is 2. The second-order valence-electron chi connectivity index (χ2n) is 5.66. The van der Waals surface area contributed by atoms with Gasteiger partial charge in [0.25, 0.3) is 0 Å². The number of urea groups is 1. The molecule has 0 fully saturated rings. The summed E-state index contributed by atoms with van der Waals surface area (Å²) in [6.07, 6.45) is 15.7. The van der Waals surface area contributed by atoms with Gasteiger partial charge in [-0.05, 0) is 6.42 Å². The van der Waals surface area contributed by atoms with E-state index in [-0.39, 0.29) is 5.96 Å². The van der Waals surface area contributed by atoms with Crippen molar-refractivity contribution >= 4 is 12.0 Å². The molecule has 0 atom stereocenters. The largest absolute Gasteiger partial charge is 0.370 e. The normalized spacial score (nSPS) is 10.3. The minimum Gasteiger partial charge on any atom is -0.370 e. The number of hydrogen-bond acceptors (Lipinski definition) is 1. The molecular weight excluding hydrogens is 264 g/mol. The molecule has 0 aliphatic rings. The van der Waals surface area contributed by atoms with E-state index >= 15 is 0 Å². The second kappa shape index (κ2) is 15.1. The first-order chi connectivity index (χ1) is 10.2. The predicted molar refractivity (Wildman–Crippen MR) is 90.3 cm³/mol. The number of nitrogens with zero attached hydrogens (tertiary/aromatic N) is 1. The van der Waals surface area contributed by atoms with Gasteiger partial charge in [-0.3, -0.25) is 0 Å². The quantitative estimate of drug-likeness (QED) is 0.275. The highest BCUT2D eigenvalue weighted by Gasteiger charge is 1.97. The van der Waals surface area contributed by atoms with Gasteiger partial charge in [-0.15, -0.1) is 0 Å². The molecule has 124 valence electrons. The van der Waals surface area contributed by atoms with Crippen molar-refractivity contribution in [3.8, 4) is 0 Å². The third-order valence-electron chi connectivity index (χ3n) is 3.54. The zero-order chi connectivity index (χ0) is 15.8. The summed E-state index contributed by atoms with van der Waals surface area (Å²) in [7, 11) is 0. The molecule has 0 aromatic carbocycles. The minimum absolute atomic E-state index is 0.192. The topological polar surface area (TPSA) is 93.5 Å². The summed E-state index contributed by atoms with van der Waals surface area (Å²) in [6, 6.07) is -0.446. The van der Waals surface area contributed by atoms with Crippen LogP contribution < -0.4 is 16.8 Å². The van der Waals surface area contributed by atoms with Gasteiger partial charge in [0, 0.05) is 6.54 Å². The molecule has 0 heterocycles. The number of aliphatic imine (C=N–C) groups is 1. The fraction of sp³-hybridized carbons (Fsp3) is 0.875. The molecule has 0 bridgehead atoms. The smallest absolute Gasteiger partial charge is 0.344 e. The van der Waals surface area contributed by atoms with Crippen molar-refractivity contribution in [2.24, 2.45) is 16.5 Å². The van der Waals surface area contributed by atoms with Crippen LogP contribution in [0.1, 0.15) is 84.0 Å². The summed E-state index contributed by atoms with van der Waals surface area (Å²) in [5.74, 6) is -0.192. The van der Waals surface area contributed by atoms with Gasteiger partial charge < -0.3 is 16.8 Å². The molecule has 21 heavy (non-hydrogen) atoms. The van der Waals surface area contributed by atoms with Crippen LogP contribution in [-0.4, -0.2) is 18.5 Å². The highest BCUT2D eigenvalue weighted by Crippen LogP contribution is 2.11. The van der Waals surface area contributed by atoms with Crippen LogP contribution in [0.25, 0.3) is 0 Å². The summed E-state index contributed by atoms with van der Waals surface area (Å²) in [5, 5.41) is 2.66. The Morgan fingerprint density at radius 1 is 0.810 bits per heavy atom. The second-order valence-corrected chi connectivity index (χ2v) is 5.66. The molecule has 0 aliphatic carbocycles. The molecular formula is C16H34N4O. The van der Waals surface area contributed by atoms with E-state index in [4.69, 9.17) is 11.5 Å². The molecule has 5 N–H and O–H groups in total. The molecule has 0 saturated heterocycles. The molecule has 0 rings (SSSR count). The molecule has 0 aromatic heterocycles. The SMILES string of the molecule is CCCCCCCCCCCCCCNC(=O)N=C(N)N. The summed E-state index contributed by atoms with van der Waals surface area (Å²) < 4.78 is 0. The van der Waals surface area contributed by atoms with Crippen LogP contribution >= 0.6 is 0 Å². The Bertz CT molecular complexity index is 275. The molecule has 0 radical (unpaired) electrons. The lowest BCUT2D eigenvalue weighted by molar-refractivity contribution is 0.249. The average Bonchev–Trinajstić information content (AvgIpc) is 2.43. The van der Waals surface area contributed by atoms with E-state index in [0.29, 0.717) is 6.54 Å². The Balaban J connectivity index is 3.12. The maximum atomic E-state index is 11.1. The van der Waals surface area contributed by atoms with E-state index in [1.165, 1.54) is 64.2 Å². The van der Waals surface area contributed by atoms with Crippen LogP contribution in [0.2, 0.25) is 0 Å². The van der Waals surface area contributed by atoms with Crippen molar-refractivity contribution in [3.63, 3.8) is 0 Å². The van der Waals surface area contributed by atoms with Gasteiger partial charge in [0.1, 0.15) is 0 Å². The maximum absolute atomic E-state index is 11.1. The maximum Gasteiger partial charge on any atom is 0.344 e. The molecule has 0 aromatic rings. The number of unbranched alkanes of at least 4 members (excludes halogenated alkanes) is 11. The standard InChI is InChI=1S/C16H34N4O/c1-2-3-4-5-6-7-8-9-10-11-12-13-14-19-16(21)20-15(17)18/h2-14H2,1H3,(H5,17,18,19,20,21). The van der Waals surface area contributed by atoms with Gasteiger partial charge in [0.2, 0.25) is 0 Å². The predicted octanol–water partition coefficient (Wildman–Crippen LogP) is 3.67. The van der Waals surface area contributed by atoms with E-state index in [0.717, 1.165) is 12.8 Å². The van der Waals surface area contributed by atoms with Gasteiger partial charge in [0.15, 0.2) is 5.96 Å². The van der Waals surface area contributed by atoms with E-state index in [9.17, 15) is 4.79 Å². The van der Waals surface area contributed by atoms with Crippen molar-refractivity contribution in [2.75, 3.05) is 6.54 Å². The third kappa shape index (κ3) is 16.7.